The maximum absolute atomic E-state index is 12.6. The van der Waals surface area contributed by atoms with Gasteiger partial charge in [0.25, 0.3) is 0 Å². The smallest absolute Gasteiger partial charge is 0.306 e. The van der Waals surface area contributed by atoms with E-state index >= 15 is 0 Å². The van der Waals surface area contributed by atoms with E-state index in [2.05, 4.69) is 62.5 Å². The van der Waals surface area contributed by atoms with Crippen molar-refractivity contribution in [2.45, 2.75) is 206 Å². The van der Waals surface area contributed by atoms with Crippen LogP contribution in [0.25, 0.3) is 0 Å². The number of allylic oxidation sites excluding steroid dienone is 8. The molecule has 0 rings (SSSR count). The minimum absolute atomic E-state index is 0.0402. The van der Waals surface area contributed by atoms with Crippen LogP contribution in [0.2, 0.25) is 0 Å². The highest BCUT2D eigenvalue weighted by atomic mass is 16.5. The molecule has 4 heteroatoms. The van der Waals surface area contributed by atoms with E-state index in [0.29, 0.717) is 6.42 Å². The Bertz CT molecular complexity index is 779. The van der Waals surface area contributed by atoms with E-state index in [1.54, 1.807) is 0 Å². The highest BCUT2D eigenvalue weighted by Gasteiger charge is 2.14. The van der Waals surface area contributed by atoms with E-state index in [9.17, 15) is 9.59 Å². The Morgan fingerprint density at radius 3 is 1.35 bits per heavy atom. The van der Waals surface area contributed by atoms with E-state index < -0.39 is 5.97 Å². The molecule has 1 unspecified atom stereocenters. The Morgan fingerprint density at radius 1 is 0.478 bits per heavy atom. The van der Waals surface area contributed by atoms with E-state index in [-0.39, 0.29) is 18.5 Å². The second-order valence-corrected chi connectivity index (χ2v) is 13.1. The molecule has 0 aromatic carbocycles. The highest BCUT2D eigenvalue weighted by molar-refractivity contribution is 5.69. The Labute approximate surface area is 285 Å². The summed E-state index contributed by atoms with van der Waals surface area (Å²) in [6.07, 6.45) is 49.8. The molecule has 0 heterocycles. The highest BCUT2D eigenvalue weighted by Crippen LogP contribution is 2.18. The Balaban J connectivity index is 4.16. The first-order chi connectivity index (χ1) is 22.6. The molecule has 0 fully saturated rings. The molecule has 0 saturated heterocycles. The lowest BCUT2D eigenvalue weighted by atomic mass is 10.0. The van der Waals surface area contributed by atoms with Crippen LogP contribution in [0.4, 0.5) is 0 Å². The zero-order valence-corrected chi connectivity index (χ0v) is 30.4. The number of ether oxygens (including phenoxy) is 1. The van der Waals surface area contributed by atoms with Gasteiger partial charge in [-0.2, -0.15) is 0 Å². The lowest BCUT2D eigenvalue weighted by Gasteiger charge is -2.18. The molecular weight excluding hydrogens is 568 g/mol. The number of carboxylic acids is 1. The van der Waals surface area contributed by atoms with Gasteiger partial charge in [-0.1, -0.05) is 159 Å². The van der Waals surface area contributed by atoms with Gasteiger partial charge < -0.3 is 9.84 Å². The number of carbonyl (C=O) groups is 2. The Hall–Kier alpha value is -2.10. The van der Waals surface area contributed by atoms with Gasteiger partial charge in [0, 0.05) is 12.8 Å². The van der Waals surface area contributed by atoms with Crippen molar-refractivity contribution in [3.05, 3.63) is 48.6 Å². The summed E-state index contributed by atoms with van der Waals surface area (Å²) >= 11 is 0. The normalized spacial score (nSPS) is 12.7. The van der Waals surface area contributed by atoms with Crippen molar-refractivity contribution in [2.24, 2.45) is 0 Å². The standard InChI is InChI=1S/C42H74O4/c1-3-5-7-9-11-13-15-16-17-18-19-20-21-23-25-31-35-39-42(45)46-40(37-33-29-26-27-30-34-38-41(43)44)36-32-28-24-22-14-12-10-8-6-4-2/h11,13,16-17,19-20,23,25,40H,3-10,12,14-15,18,21-22,24,26-39H2,1-2H3,(H,43,44)/b13-11-,17-16-,20-19-,25-23-. The topological polar surface area (TPSA) is 63.6 Å². The minimum Gasteiger partial charge on any atom is -0.481 e. The molecule has 46 heavy (non-hydrogen) atoms. The minimum atomic E-state index is -0.698. The van der Waals surface area contributed by atoms with Gasteiger partial charge in [-0.25, -0.2) is 0 Å². The van der Waals surface area contributed by atoms with Crippen LogP contribution in [-0.2, 0) is 14.3 Å². The van der Waals surface area contributed by atoms with Crippen molar-refractivity contribution >= 4 is 11.9 Å². The van der Waals surface area contributed by atoms with Crippen LogP contribution >= 0.6 is 0 Å². The maximum Gasteiger partial charge on any atom is 0.306 e. The fourth-order valence-corrected chi connectivity index (χ4v) is 5.65. The maximum atomic E-state index is 12.6. The Kier molecular flexibility index (Phi) is 35.7. The number of carbonyl (C=O) groups excluding carboxylic acids is 1. The molecular formula is C42H74O4. The van der Waals surface area contributed by atoms with Gasteiger partial charge in [0.05, 0.1) is 0 Å². The number of rotatable bonds is 35. The first-order valence-corrected chi connectivity index (χ1v) is 19.6. The third-order valence-corrected chi connectivity index (χ3v) is 8.55. The van der Waals surface area contributed by atoms with Gasteiger partial charge in [-0.3, -0.25) is 9.59 Å². The molecule has 0 aliphatic carbocycles. The summed E-state index contributed by atoms with van der Waals surface area (Å²) < 4.78 is 5.98. The average molecular weight is 643 g/mol. The number of hydrogen-bond acceptors (Lipinski definition) is 3. The monoisotopic (exact) mass is 643 g/mol. The van der Waals surface area contributed by atoms with Crippen LogP contribution < -0.4 is 0 Å². The molecule has 1 N–H and O–H groups in total. The second kappa shape index (κ2) is 37.4. The molecule has 0 aliphatic heterocycles. The largest absolute Gasteiger partial charge is 0.481 e. The fourth-order valence-electron chi connectivity index (χ4n) is 5.65. The zero-order valence-electron chi connectivity index (χ0n) is 30.4. The summed E-state index contributed by atoms with van der Waals surface area (Å²) in [5.74, 6) is -0.738. The molecule has 0 aromatic rings. The lowest BCUT2D eigenvalue weighted by Crippen LogP contribution is -2.18. The van der Waals surface area contributed by atoms with E-state index in [1.807, 2.05) is 0 Å². The first kappa shape index (κ1) is 43.9. The van der Waals surface area contributed by atoms with Crippen molar-refractivity contribution in [3.8, 4) is 0 Å². The predicted molar refractivity (Wildman–Crippen MR) is 199 cm³/mol. The predicted octanol–water partition coefficient (Wildman–Crippen LogP) is 13.6. The van der Waals surface area contributed by atoms with Crippen LogP contribution in [0, 0.1) is 0 Å². The van der Waals surface area contributed by atoms with Crippen molar-refractivity contribution in [3.63, 3.8) is 0 Å². The quantitative estimate of drug-likeness (QED) is 0.0424. The second-order valence-electron chi connectivity index (χ2n) is 13.1. The van der Waals surface area contributed by atoms with Crippen LogP contribution in [-0.4, -0.2) is 23.1 Å². The van der Waals surface area contributed by atoms with Crippen LogP contribution in [0.3, 0.4) is 0 Å². The summed E-state index contributed by atoms with van der Waals surface area (Å²) in [4.78, 5) is 23.3. The van der Waals surface area contributed by atoms with Crippen molar-refractivity contribution < 1.29 is 19.4 Å². The molecule has 0 radical (unpaired) electrons. The summed E-state index contributed by atoms with van der Waals surface area (Å²) in [5.41, 5.74) is 0. The molecule has 0 spiro atoms. The van der Waals surface area contributed by atoms with Gasteiger partial charge in [-0.15, -0.1) is 0 Å². The summed E-state index contributed by atoms with van der Waals surface area (Å²) in [6, 6.07) is 0. The van der Waals surface area contributed by atoms with E-state index in [4.69, 9.17) is 9.84 Å². The average Bonchev–Trinajstić information content (AvgIpc) is 3.04. The molecule has 0 aromatic heterocycles. The number of esters is 1. The molecule has 0 amide bonds. The van der Waals surface area contributed by atoms with Crippen LogP contribution in [0.1, 0.15) is 200 Å². The number of carboxylic acid groups (broad SMARTS) is 1. The summed E-state index contributed by atoms with van der Waals surface area (Å²) in [7, 11) is 0. The van der Waals surface area contributed by atoms with Gasteiger partial charge >= 0.3 is 11.9 Å². The molecule has 0 aliphatic rings. The van der Waals surface area contributed by atoms with Gasteiger partial charge in [0.2, 0.25) is 0 Å². The molecule has 1 atom stereocenters. The van der Waals surface area contributed by atoms with Crippen LogP contribution in [0.15, 0.2) is 48.6 Å². The lowest BCUT2D eigenvalue weighted by molar-refractivity contribution is -0.150. The Morgan fingerprint density at radius 2 is 0.870 bits per heavy atom. The fraction of sp³-hybridized carbons (Fsp3) is 0.762. The molecule has 266 valence electrons. The third-order valence-electron chi connectivity index (χ3n) is 8.55. The number of aliphatic carboxylic acids is 1. The SMILES string of the molecule is CCCCC/C=C\C/C=C\C/C=C\C/C=C\CCCC(=O)OC(CCCCCCCCCCCC)CCCCCCCCC(=O)O. The van der Waals surface area contributed by atoms with Gasteiger partial charge in [0.15, 0.2) is 0 Å². The molecule has 0 saturated carbocycles. The first-order valence-electron chi connectivity index (χ1n) is 19.6. The van der Waals surface area contributed by atoms with E-state index in [0.717, 1.165) is 89.9 Å². The van der Waals surface area contributed by atoms with Crippen LogP contribution in [0.5, 0.6) is 0 Å². The zero-order chi connectivity index (χ0) is 33.6. The molecule has 4 nitrogen and oxygen atoms in total. The molecule has 0 bridgehead atoms. The summed E-state index contributed by atoms with van der Waals surface area (Å²) in [6.45, 7) is 4.51. The summed E-state index contributed by atoms with van der Waals surface area (Å²) in [5, 5.41) is 8.78. The number of unbranched alkanes of at least 4 members (excludes halogenated alkanes) is 18. The van der Waals surface area contributed by atoms with Crippen molar-refractivity contribution in [1.82, 2.24) is 0 Å². The van der Waals surface area contributed by atoms with Gasteiger partial charge in [0.1, 0.15) is 6.10 Å². The van der Waals surface area contributed by atoms with E-state index in [1.165, 1.54) is 83.5 Å². The van der Waals surface area contributed by atoms with Crippen molar-refractivity contribution in [1.29, 1.82) is 0 Å². The number of hydrogen-bond donors (Lipinski definition) is 1. The van der Waals surface area contributed by atoms with Crippen molar-refractivity contribution in [2.75, 3.05) is 0 Å². The van der Waals surface area contributed by atoms with Gasteiger partial charge in [-0.05, 0) is 77.0 Å². The third kappa shape index (κ3) is 36.4.